The summed E-state index contributed by atoms with van der Waals surface area (Å²) in [4.78, 5) is 14.0. The van der Waals surface area contributed by atoms with E-state index in [-0.39, 0.29) is 12.4 Å². The highest BCUT2D eigenvalue weighted by Crippen LogP contribution is 2.05. The van der Waals surface area contributed by atoms with E-state index in [0.29, 0.717) is 17.7 Å². The van der Waals surface area contributed by atoms with Crippen LogP contribution in [0.25, 0.3) is 0 Å². The standard InChI is InChI=1S/C15H20N2O2/c1-17(9-3-2-4-10-18)12-15(19)14-7-5-13(11-16)6-8-14/h5-8,18H,2-4,9-10,12H2,1H3. The summed E-state index contributed by atoms with van der Waals surface area (Å²) in [5.41, 5.74) is 1.20. The van der Waals surface area contributed by atoms with Gasteiger partial charge >= 0.3 is 0 Å². The molecule has 102 valence electrons. The lowest BCUT2D eigenvalue weighted by Crippen LogP contribution is -2.27. The topological polar surface area (TPSA) is 64.3 Å². The lowest BCUT2D eigenvalue weighted by atomic mass is 10.1. The second-order valence-electron chi connectivity index (χ2n) is 4.63. The number of nitriles is 1. The highest BCUT2D eigenvalue weighted by Gasteiger charge is 2.09. The van der Waals surface area contributed by atoms with Gasteiger partial charge < -0.3 is 5.11 Å². The third-order valence-electron chi connectivity index (χ3n) is 2.95. The molecule has 1 aromatic carbocycles. The van der Waals surface area contributed by atoms with E-state index in [2.05, 4.69) is 0 Å². The number of aliphatic hydroxyl groups excluding tert-OH is 1. The third-order valence-corrected chi connectivity index (χ3v) is 2.95. The van der Waals surface area contributed by atoms with Crippen molar-refractivity contribution in [1.82, 2.24) is 4.90 Å². The Bertz CT molecular complexity index is 434. The number of Topliss-reactive ketones (excluding diaryl/α,β-unsaturated/α-hetero) is 1. The summed E-state index contributed by atoms with van der Waals surface area (Å²) in [6, 6.07) is 8.74. The molecule has 0 bridgehead atoms. The van der Waals surface area contributed by atoms with E-state index in [1.165, 1.54) is 0 Å². The van der Waals surface area contributed by atoms with E-state index in [1.54, 1.807) is 24.3 Å². The van der Waals surface area contributed by atoms with Crippen molar-refractivity contribution in [2.45, 2.75) is 19.3 Å². The van der Waals surface area contributed by atoms with Crippen molar-refractivity contribution >= 4 is 5.78 Å². The average Bonchev–Trinajstić information content (AvgIpc) is 2.43. The maximum absolute atomic E-state index is 12.0. The smallest absolute Gasteiger partial charge is 0.176 e. The SMILES string of the molecule is CN(CCCCCO)CC(=O)c1ccc(C#N)cc1. The molecule has 0 heterocycles. The van der Waals surface area contributed by atoms with E-state index in [4.69, 9.17) is 10.4 Å². The Morgan fingerprint density at radius 1 is 1.26 bits per heavy atom. The Morgan fingerprint density at radius 3 is 2.53 bits per heavy atom. The highest BCUT2D eigenvalue weighted by molar-refractivity contribution is 5.97. The molecule has 0 spiro atoms. The van der Waals surface area contributed by atoms with Crippen LogP contribution in [-0.4, -0.2) is 42.5 Å². The summed E-state index contributed by atoms with van der Waals surface area (Å²) in [6.07, 6.45) is 2.78. The minimum atomic E-state index is 0.0640. The van der Waals surface area contributed by atoms with Crippen LogP contribution < -0.4 is 0 Å². The van der Waals surface area contributed by atoms with Gasteiger partial charge in [0.2, 0.25) is 0 Å². The molecule has 0 saturated carbocycles. The van der Waals surface area contributed by atoms with E-state index >= 15 is 0 Å². The minimum absolute atomic E-state index is 0.0640. The van der Waals surface area contributed by atoms with Gasteiger partial charge in [-0.1, -0.05) is 12.1 Å². The Balaban J connectivity index is 2.39. The first-order valence-corrected chi connectivity index (χ1v) is 6.50. The molecule has 0 fully saturated rings. The lowest BCUT2D eigenvalue weighted by molar-refractivity contribution is 0.0945. The van der Waals surface area contributed by atoms with E-state index in [1.807, 2.05) is 18.0 Å². The van der Waals surface area contributed by atoms with Crippen LogP contribution in [0.3, 0.4) is 0 Å². The number of rotatable bonds is 8. The number of hydrogen-bond acceptors (Lipinski definition) is 4. The average molecular weight is 260 g/mol. The molecule has 0 aromatic heterocycles. The quantitative estimate of drug-likeness (QED) is 0.572. The van der Waals surface area contributed by atoms with E-state index < -0.39 is 0 Å². The molecule has 0 aliphatic heterocycles. The number of unbranched alkanes of at least 4 members (excludes halogenated alkanes) is 2. The summed E-state index contributed by atoms with van der Waals surface area (Å²) in [5.74, 6) is 0.0640. The van der Waals surface area contributed by atoms with Gasteiger partial charge in [0.15, 0.2) is 5.78 Å². The van der Waals surface area contributed by atoms with Gasteiger partial charge in [0.25, 0.3) is 0 Å². The molecule has 0 aliphatic carbocycles. The van der Waals surface area contributed by atoms with Crippen molar-refractivity contribution in [3.63, 3.8) is 0 Å². The molecule has 0 saturated heterocycles. The number of aliphatic hydroxyl groups is 1. The van der Waals surface area contributed by atoms with Crippen molar-refractivity contribution in [3.8, 4) is 6.07 Å². The number of hydrogen-bond donors (Lipinski definition) is 1. The zero-order valence-corrected chi connectivity index (χ0v) is 11.3. The van der Waals surface area contributed by atoms with E-state index in [9.17, 15) is 4.79 Å². The molecule has 1 aromatic rings. The number of nitrogens with zero attached hydrogens (tertiary/aromatic N) is 2. The maximum atomic E-state index is 12.0. The van der Waals surface area contributed by atoms with Crippen LogP contribution in [0.5, 0.6) is 0 Å². The molecule has 4 nitrogen and oxygen atoms in total. The highest BCUT2D eigenvalue weighted by atomic mass is 16.2. The monoisotopic (exact) mass is 260 g/mol. The second-order valence-corrected chi connectivity index (χ2v) is 4.63. The fourth-order valence-corrected chi connectivity index (χ4v) is 1.82. The molecular formula is C15H20N2O2. The Morgan fingerprint density at radius 2 is 1.95 bits per heavy atom. The zero-order chi connectivity index (χ0) is 14.1. The van der Waals surface area contributed by atoms with Gasteiger partial charge in [0, 0.05) is 12.2 Å². The van der Waals surface area contributed by atoms with Gasteiger partial charge in [0.1, 0.15) is 0 Å². The summed E-state index contributed by atoms with van der Waals surface area (Å²) in [6.45, 7) is 1.46. The van der Waals surface area contributed by atoms with Gasteiger partial charge in [-0.25, -0.2) is 0 Å². The molecule has 19 heavy (non-hydrogen) atoms. The van der Waals surface area contributed by atoms with Crippen LogP contribution >= 0.6 is 0 Å². The Hall–Kier alpha value is -1.70. The molecule has 4 heteroatoms. The third kappa shape index (κ3) is 5.64. The Labute approximate surface area is 114 Å². The number of carbonyl (C=O) groups is 1. The van der Waals surface area contributed by atoms with Crippen LogP contribution in [0.15, 0.2) is 24.3 Å². The summed E-state index contributed by atoms with van der Waals surface area (Å²) >= 11 is 0. The Kier molecular flexibility index (Phi) is 6.80. The number of benzene rings is 1. The van der Waals surface area contributed by atoms with Gasteiger partial charge in [0.05, 0.1) is 18.2 Å². The molecule has 1 rings (SSSR count). The molecular weight excluding hydrogens is 240 g/mol. The fourth-order valence-electron chi connectivity index (χ4n) is 1.82. The maximum Gasteiger partial charge on any atom is 0.176 e. The first-order chi connectivity index (χ1) is 9.17. The molecule has 0 atom stereocenters. The minimum Gasteiger partial charge on any atom is -0.396 e. The van der Waals surface area contributed by atoms with Gasteiger partial charge in [-0.2, -0.15) is 5.26 Å². The fraction of sp³-hybridized carbons (Fsp3) is 0.467. The van der Waals surface area contributed by atoms with Crippen LogP contribution in [0.1, 0.15) is 35.2 Å². The summed E-state index contributed by atoms with van der Waals surface area (Å²) in [5, 5.41) is 17.4. The van der Waals surface area contributed by atoms with Crippen molar-refractivity contribution < 1.29 is 9.90 Å². The van der Waals surface area contributed by atoms with Crippen LogP contribution in [0, 0.1) is 11.3 Å². The van der Waals surface area contributed by atoms with Crippen LogP contribution in [0.4, 0.5) is 0 Å². The number of ketones is 1. The lowest BCUT2D eigenvalue weighted by Gasteiger charge is -2.15. The summed E-state index contributed by atoms with van der Waals surface area (Å²) < 4.78 is 0. The predicted octanol–water partition coefficient (Wildman–Crippen LogP) is 1.84. The van der Waals surface area contributed by atoms with E-state index in [0.717, 1.165) is 25.8 Å². The molecule has 0 aliphatic rings. The molecule has 0 unspecified atom stereocenters. The van der Waals surface area contributed by atoms with Crippen molar-refractivity contribution in [3.05, 3.63) is 35.4 Å². The van der Waals surface area contributed by atoms with Crippen molar-refractivity contribution in [2.75, 3.05) is 26.7 Å². The summed E-state index contributed by atoms with van der Waals surface area (Å²) in [7, 11) is 1.92. The van der Waals surface area contributed by atoms with Crippen LogP contribution in [0.2, 0.25) is 0 Å². The number of carbonyl (C=O) groups excluding carboxylic acids is 1. The molecule has 1 N–H and O–H groups in total. The number of likely N-dealkylation sites (N-methyl/N-ethyl adjacent to an activating group) is 1. The van der Waals surface area contributed by atoms with Gasteiger partial charge in [-0.3, -0.25) is 9.69 Å². The predicted molar refractivity (Wildman–Crippen MR) is 73.9 cm³/mol. The van der Waals surface area contributed by atoms with Crippen LogP contribution in [-0.2, 0) is 0 Å². The molecule has 0 amide bonds. The first-order valence-electron chi connectivity index (χ1n) is 6.50. The van der Waals surface area contributed by atoms with Gasteiger partial charge in [-0.15, -0.1) is 0 Å². The largest absolute Gasteiger partial charge is 0.396 e. The van der Waals surface area contributed by atoms with Gasteiger partial charge in [-0.05, 0) is 45.0 Å². The second kappa shape index (κ2) is 8.41. The van der Waals surface area contributed by atoms with Crippen molar-refractivity contribution in [1.29, 1.82) is 5.26 Å². The first kappa shape index (κ1) is 15.4. The zero-order valence-electron chi connectivity index (χ0n) is 11.3. The normalized spacial score (nSPS) is 10.4. The molecule has 0 radical (unpaired) electrons. The van der Waals surface area contributed by atoms with Crippen molar-refractivity contribution in [2.24, 2.45) is 0 Å².